The summed E-state index contributed by atoms with van der Waals surface area (Å²) >= 11 is 1.59. The van der Waals surface area contributed by atoms with Crippen molar-refractivity contribution in [3.63, 3.8) is 0 Å². The summed E-state index contributed by atoms with van der Waals surface area (Å²) in [4.78, 5) is 14.8. The van der Waals surface area contributed by atoms with E-state index < -0.39 is 10.0 Å². The molecular formula is C22H30N2O3S2. The maximum absolute atomic E-state index is 12.7. The van der Waals surface area contributed by atoms with Crippen LogP contribution in [0.5, 0.6) is 0 Å². The van der Waals surface area contributed by atoms with Crippen molar-refractivity contribution in [3.8, 4) is 0 Å². The number of fused-ring (bicyclic) bond motifs is 1. The molecule has 5 nitrogen and oxygen atoms in total. The number of thiophene rings is 1. The van der Waals surface area contributed by atoms with E-state index in [1.807, 2.05) is 24.3 Å². The molecule has 7 heteroatoms. The third-order valence-corrected chi connectivity index (χ3v) is 8.06. The largest absolute Gasteiger partial charge is 0.347 e. The van der Waals surface area contributed by atoms with Gasteiger partial charge in [-0.05, 0) is 61.8 Å². The lowest BCUT2D eigenvalue weighted by Crippen LogP contribution is -2.31. The van der Waals surface area contributed by atoms with E-state index in [1.165, 1.54) is 23.3 Å². The van der Waals surface area contributed by atoms with E-state index in [0.29, 0.717) is 12.1 Å². The Kier molecular flexibility index (Phi) is 7.14. The Hall–Kier alpha value is -1.70. The van der Waals surface area contributed by atoms with Crippen LogP contribution in [0.3, 0.4) is 0 Å². The van der Waals surface area contributed by atoms with Gasteiger partial charge in [-0.15, -0.1) is 11.3 Å². The molecule has 2 aromatic rings. The zero-order valence-corrected chi connectivity index (χ0v) is 19.0. The van der Waals surface area contributed by atoms with Gasteiger partial charge in [-0.1, -0.05) is 37.6 Å². The second kappa shape index (κ2) is 9.41. The standard InChI is InChI=1S/C22H30N2O3S2/c1-4-16-9-10-20-19(11-16)12-21(28-20)22(25)23-13-17-7-5-6-8-18(17)14-29(26,27)24-15(2)3/h5-8,12,15-16,24H,4,9-11,13-14H2,1-3H3,(H,23,25)/t16-/m0/s1. The van der Waals surface area contributed by atoms with Crippen LogP contribution < -0.4 is 10.0 Å². The first-order valence-electron chi connectivity index (χ1n) is 10.2. The predicted octanol–water partition coefficient (Wildman–Crippen LogP) is 4.02. The fourth-order valence-corrected chi connectivity index (χ4v) is 6.42. The summed E-state index contributed by atoms with van der Waals surface area (Å²) < 4.78 is 27.2. The van der Waals surface area contributed by atoms with E-state index in [-0.39, 0.29) is 17.7 Å². The number of carbonyl (C=O) groups is 1. The van der Waals surface area contributed by atoms with Crippen molar-refractivity contribution >= 4 is 27.3 Å². The zero-order chi connectivity index (χ0) is 21.0. The lowest BCUT2D eigenvalue weighted by Gasteiger charge is -2.19. The van der Waals surface area contributed by atoms with Crippen molar-refractivity contribution in [2.24, 2.45) is 5.92 Å². The van der Waals surface area contributed by atoms with Crippen LogP contribution in [0, 0.1) is 5.92 Å². The molecule has 1 aromatic carbocycles. The molecule has 0 aliphatic heterocycles. The first kappa shape index (κ1) is 22.0. The predicted molar refractivity (Wildman–Crippen MR) is 119 cm³/mol. The van der Waals surface area contributed by atoms with Gasteiger partial charge < -0.3 is 5.32 Å². The highest BCUT2D eigenvalue weighted by Crippen LogP contribution is 2.33. The van der Waals surface area contributed by atoms with Crippen molar-refractivity contribution in [2.45, 2.75) is 64.8 Å². The summed E-state index contributed by atoms with van der Waals surface area (Å²) in [5, 5.41) is 2.97. The van der Waals surface area contributed by atoms with E-state index in [1.54, 1.807) is 31.3 Å². The molecule has 2 N–H and O–H groups in total. The van der Waals surface area contributed by atoms with Gasteiger partial charge in [0.15, 0.2) is 0 Å². The van der Waals surface area contributed by atoms with E-state index in [4.69, 9.17) is 0 Å². The van der Waals surface area contributed by atoms with Crippen LogP contribution in [0.1, 0.15) is 64.9 Å². The molecule has 3 rings (SSSR count). The lowest BCUT2D eigenvalue weighted by molar-refractivity contribution is 0.0955. The van der Waals surface area contributed by atoms with Crippen molar-refractivity contribution < 1.29 is 13.2 Å². The highest BCUT2D eigenvalue weighted by Gasteiger charge is 2.22. The van der Waals surface area contributed by atoms with Crippen molar-refractivity contribution in [2.75, 3.05) is 0 Å². The van der Waals surface area contributed by atoms with Crippen LogP contribution in [0.15, 0.2) is 30.3 Å². The number of aryl methyl sites for hydroxylation is 1. The van der Waals surface area contributed by atoms with Gasteiger partial charge in [-0.3, -0.25) is 4.79 Å². The minimum absolute atomic E-state index is 0.0876. The van der Waals surface area contributed by atoms with Gasteiger partial charge in [0.25, 0.3) is 5.91 Å². The average Bonchev–Trinajstić information content (AvgIpc) is 3.09. The van der Waals surface area contributed by atoms with E-state index in [0.717, 1.165) is 29.2 Å². The smallest absolute Gasteiger partial charge is 0.261 e. The third kappa shape index (κ3) is 5.90. The van der Waals surface area contributed by atoms with Crippen LogP contribution in [0.4, 0.5) is 0 Å². The molecule has 0 saturated carbocycles. The van der Waals surface area contributed by atoms with Gasteiger partial charge in [-0.2, -0.15) is 0 Å². The van der Waals surface area contributed by atoms with Gasteiger partial charge in [0, 0.05) is 17.5 Å². The Morgan fingerprint density at radius 3 is 2.66 bits per heavy atom. The Bertz CT molecular complexity index is 964. The summed E-state index contributed by atoms with van der Waals surface area (Å²) in [6, 6.07) is 9.25. The molecule has 158 valence electrons. The van der Waals surface area contributed by atoms with E-state index in [9.17, 15) is 13.2 Å². The Morgan fingerprint density at radius 1 is 1.24 bits per heavy atom. The van der Waals surface area contributed by atoms with Gasteiger partial charge >= 0.3 is 0 Å². The average molecular weight is 435 g/mol. The molecule has 29 heavy (non-hydrogen) atoms. The van der Waals surface area contributed by atoms with E-state index >= 15 is 0 Å². The first-order valence-corrected chi connectivity index (χ1v) is 12.7. The fraction of sp³-hybridized carbons (Fsp3) is 0.500. The summed E-state index contributed by atoms with van der Waals surface area (Å²) in [5.74, 6) is 0.542. The highest BCUT2D eigenvalue weighted by molar-refractivity contribution is 7.88. The Labute approximate surface area is 178 Å². The second-order valence-corrected chi connectivity index (χ2v) is 10.9. The van der Waals surface area contributed by atoms with Crippen LogP contribution >= 0.6 is 11.3 Å². The molecular weight excluding hydrogens is 404 g/mol. The van der Waals surface area contributed by atoms with Crippen molar-refractivity contribution in [1.29, 1.82) is 0 Å². The maximum atomic E-state index is 12.7. The number of hydrogen-bond acceptors (Lipinski definition) is 4. The fourth-order valence-electron chi connectivity index (χ4n) is 3.80. The Balaban J connectivity index is 1.66. The summed E-state index contributed by atoms with van der Waals surface area (Å²) in [5.41, 5.74) is 2.85. The normalized spacial score (nSPS) is 16.6. The first-order chi connectivity index (χ1) is 13.8. The number of rotatable bonds is 8. The molecule has 1 aromatic heterocycles. The molecule has 1 amide bonds. The third-order valence-electron chi connectivity index (χ3n) is 5.30. The topological polar surface area (TPSA) is 75.3 Å². The monoisotopic (exact) mass is 434 g/mol. The molecule has 1 aliphatic carbocycles. The number of amides is 1. The van der Waals surface area contributed by atoms with Gasteiger partial charge in [0.2, 0.25) is 10.0 Å². The molecule has 0 fully saturated rings. The molecule has 0 saturated heterocycles. The highest BCUT2D eigenvalue weighted by atomic mass is 32.2. The maximum Gasteiger partial charge on any atom is 0.261 e. The van der Waals surface area contributed by atoms with E-state index in [2.05, 4.69) is 17.0 Å². The van der Waals surface area contributed by atoms with Gasteiger partial charge in [0.05, 0.1) is 10.6 Å². The lowest BCUT2D eigenvalue weighted by atomic mass is 9.87. The van der Waals surface area contributed by atoms with Crippen molar-refractivity contribution in [3.05, 3.63) is 56.8 Å². The zero-order valence-electron chi connectivity index (χ0n) is 17.3. The second-order valence-electron chi connectivity index (χ2n) is 8.06. The van der Waals surface area contributed by atoms with Gasteiger partial charge in [0.1, 0.15) is 0 Å². The number of benzene rings is 1. The quantitative estimate of drug-likeness (QED) is 0.659. The molecule has 0 bridgehead atoms. The number of carbonyl (C=O) groups excluding carboxylic acids is 1. The van der Waals surface area contributed by atoms with Crippen molar-refractivity contribution in [1.82, 2.24) is 10.0 Å². The van der Waals surface area contributed by atoms with Crippen LogP contribution in [-0.2, 0) is 35.2 Å². The summed E-state index contributed by atoms with van der Waals surface area (Å²) in [6.45, 7) is 6.14. The number of hydrogen-bond donors (Lipinski definition) is 2. The van der Waals surface area contributed by atoms with Crippen LogP contribution in [0.2, 0.25) is 0 Å². The number of nitrogens with one attached hydrogen (secondary N) is 2. The molecule has 0 unspecified atom stereocenters. The SMILES string of the molecule is CC[C@H]1CCc2sc(C(=O)NCc3ccccc3CS(=O)(=O)NC(C)C)cc2C1. The molecule has 1 heterocycles. The summed E-state index contributed by atoms with van der Waals surface area (Å²) in [6.07, 6.45) is 4.52. The van der Waals surface area contributed by atoms with Crippen LogP contribution in [-0.4, -0.2) is 20.4 Å². The van der Waals surface area contributed by atoms with Crippen LogP contribution in [0.25, 0.3) is 0 Å². The van der Waals surface area contributed by atoms with Gasteiger partial charge in [-0.25, -0.2) is 13.1 Å². The molecule has 0 spiro atoms. The molecule has 0 radical (unpaired) electrons. The Morgan fingerprint density at radius 2 is 1.97 bits per heavy atom. The number of sulfonamides is 1. The minimum atomic E-state index is -3.42. The minimum Gasteiger partial charge on any atom is -0.347 e. The molecule has 1 aliphatic rings. The molecule has 1 atom stereocenters. The summed E-state index contributed by atoms with van der Waals surface area (Å²) in [7, 11) is -3.42.